The molecular weight excluding hydrogens is 1320 g/mol. The van der Waals surface area contributed by atoms with Crippen LogP contribution in [0.3, 0.4) is 0 Å². The molecule has 9 aliphatic rings. The van der Waals surface area contributed by atoms with Gasteiger partial charge in [-0.05, 0) is 433 Å². The smallest absolute Gasteiger partial charge is 0.0111 e. The van der Waals surface area contributed by atoms with Crippen LogP contribution in [0.1, 0.15) is 148 Å². The van der Waals surface area contributed by atoms with Gasteiger partial charge in [0.25, 0.3) is 0 Å². The Morgan fingerprint density at radius 2 is 0.591 bits per heavy atom. The van der Waals surface area contributed by atoms with E-state index >= 15 is 0 Å². The van der Waals surface area contributed by atoms with Gasteiger partial charge in [-0.2, -0.15) is 0 Å². The van der Waals surface area contributed by atoms with Gasteiger partial charge < -0.3 is 0 Å². The van der Waals surface area contributed by atoms with E-state index in [2.05, 4.69) is 184 Å². The van der Waals surface area contributed by atoms with Crippen LogP contribution in [0.15, 0.2) is 170 Å². The summed E-state index contributed by atoms with van der Waals surface area (Å²) in [5.74, 6) is 2.37. The Bertz CT molecular complexity index is 9270. The van der Waals surface area contributed by atoms with Crippen LogP contribution in [0.4, 0.5) is 0 Å². The molecule has 6 atom stereocenters. The highest BCUT2D eigenvalue weighted by Crippen LogP contribution is 2.72. The van der Waals surface area contributed by atoms with Gasteiger partial charge in [0.15, 0.2) is 0 Å². The van der Waals surface area contributed by atoms with Crippen LogP contribution in [-0.4, -0.2) is 0 Å². The number of fused-ring (bicyclic) bond motifs is 24. The largest absolute Gasteiger partial charge is 0.0616 e. The van der Waals surface area contributed by atoms with Crippen LogP contribution in [-0.2, 0) is 19.3 Å². The van der Waals surface area contributed by atoms with Gasteiger partial charge in [-0.3, -0.25) is 0 Å². The number of benzene rings is 25. The average molecular weight is 1390 g/mol. The summed E-state index contributed by atoms with van der Waals surface area (Å²) in [4.78, 5) is 0. The van der Waals surface area contributed by atoms with Gasteiger partial charge in [0, 0.05) is 17.8 Å². The molecule has 0 heteroatoms. The molecule has 1 fully saturated rings. The van der Waals surface area contributed by atoms with Crippen molar-refractivity contribution in [3.8, 4) is 0 Å². The van der Waals surface area contributed by atoms with E-state index in [-0.39, 0.29) is 0 Å². The summed E-state index contributed by atoms with van der Waals surface area (Å²) < 4.78 is 0. The van der Waals surface area contributed by atoms with E-state index in [1.54, 1.807) is 130 Å². The number of rotatable bonds is 0. The molecule has 0 bridgehead atoms. The Hall–Kier alpha value is -11.7. The molecule has 0 saturated heterocycles. The van der Waals surface area contributed by atoms with Crippen molar-refractivity contribution in [1.29, 1.82) is 0 Å². The van der Waals surface area contributed by atoms with E-state index in [0.29, 0.717) is 35.5 Å². The second-order valence-electron chi connectivity index (χ2n) is 37.1. The third-order valence-electron chi connectivity index (χ3n) is 33.6. The Morgan fingerprint density at radius 1 is 0.227 bits per heavy atom. The lowest BCUT2D eigenvalue weighted by atomic mass is 9.49. The van der Waals surface area contributed by atoms with Crippen molar-refractivity contribution in [2.75, 3.05) is 0 Å². The SMILES string of the molecule is Cc1cc2cccc3c2c2c1c1ccccc1c1c4cccc5c6c7c8c9c%10c%11c(c8c8cccc%12c8c7c(c54)c(c3%12)c12)CCC[C@@H]%11c1c2c3c4c5c1C=%10[C@@H]([C@@H]1CCC[C@H]6C=91)[C@H]1CCCc(c51)c1c5cccc6c5c5c(c(c7cccc8c7c5c5c6c6cccc7cc(C)c9c%10ccccc%10c8c5c9c76)[C@H]3CCC2)c41. The molecule has 25 aromatic rings. The van der Waals surface area contributed by atoms with Crippen molar-refractivity contribution in [2.45, 2.75) is 115 Å². The molecular formula is C110H64. The first-order valence-corrected chi connectivity index (χ1v) is 42.1. The van der Waals surface area contributed by atoms with Crippen molar-refractivity contribution in [3.63, 3.8) is 0 Å². The molecule has 0 aliphatic heterocycles. The first-order chi connectivity index (χ1) is 54.6. The third kappa shape index (κ3) is 5.00. The zero-order valence-electron chi connectivity index (χ0n) is 61.1. The fourth-order valence-electron chi connectivity index (χ4n) is 31.2. The zero-order valence-corrected chi connectivity index (χ0v) is 61.1. The van der Waals surface area contributed by atoms with Crippen LogP contribution in [0.25, 0.3) is 259 Å². The summed E-state index contributed by atoms with van der Waals surface area (Å²) in [6.07, 6.45) is 14.7. The summed E-state index contributed by atoms with van der Waals surface area (Å²) in [6, 6.07) is 70.0. The van der Waals surface area contributed by atoms with Gasteiger partial charge in [-0.1, -0.05) is 182 Å². The second-order valence-corrected chi connectivity index (χ2v) is 37.1. The molecule has 0 unspecified atom stereocenters. The standard InChI is InChI=1S/C110H64/c1-43-41-45-17-7-23-51-71(45)91-69(43)47-19-3-5-21-49(47)73-53-25-9-29-57-77(53)97-95(93(73)91)75(51)55-27-11-31-59-79(55)99(97)101-81(57)61-33-13-37-65-85(61)105-103(101)83(59)63-35-15-39-67-87(63)107(105)109-89(65)68-40-16-36-64-84-60-32-12-28-56-76-52-24-8-18-46-42-44(2)70-48-20-4-6-22-50(48)74-54-26-10-30-58-78(54)98(96(76)94(74)92(70)72(46)52)100(80(56)60)102-82(58)62-34-14-38-66-86(62)106(104(84)102)108(88(64)68)110(109)90(66)67/h3-12,17-32,41-42,61-62,65,67-68,89H,13-16,33-40H2,1-2H3/t61-,62-,65-,67+,68+,89+/m1/s1. The molecule has 9 aliphatic carbocycles. The topological polar surface area (TPSA) is 0 Å². The van der Waals surface area contributed by atoms with Gasteiger partial charge in [0.2, 0.25) is 0 Å². The summed E-state index contributed by atoms with van der Waals surface area (Å²) in [7, 11) is 0. The van der Waals surface area contributed by atoms with E-state index < -0.39 is 0 Å². The summed E-state index contributed by atoms with van der Waals surface area (Å²) in [6.45, 7) is 4.80. The van der Waals surface area contributed by atoms with Crippen molar-refractivity contribution >= 4 is 259 Å². The van der Waals surface area contributed by atoms with Crippen molar-refractivity contribution in [3.05, 3.63) is 247 Å². The maximum absolute atomic E-state index is 2.67. The van der Waals surface area contributed by atoms with Gasteiger partial charge >= 0.3 is 0 Å². The molecule has 0 spiro atoms. The Morgan fingerprint density at radius 3 is 1.15 bits per heavy atom. The van der Waals surface area contributed by atoms with E-state index in [9.17, 15) is 0 Å². The molecule has 0 nitrogen and oxygen atoms in total. The quantitative estimate of drug-likeness (QED) is 0.105. The lowest BCUT2D eigenvalue weighted by Crippen LogP contribution is -2.52. The van der Waals surface area contributed by atoms with Gasteiger partial charge in [-0.15, -0.1) is 0 Å². The molecule has 0 radical (unpaired) electrons. The van der Waals surface area contributed by atoms with E-state index in [0.717, 1.165) is 12.8 Å². The van der Waals surface area contributed by atoms with E-state index in [1.165, 1.54) is 242 Å². The van der Waals surface area contributed by atoms with Gasteiger partial charge in [-0.25, -0.2) is 0 Å². The Kier molecular flexibility index (Phi) is 8.21. The number of hydrogen-bond donors (Lipinski definition) is 0. The van der Waals surface area contributed by atoms with Crippen molar-refractivity contribution < 1.29 is 0 Å². The highest BCUT2D eigenvalue weighted by molar-refractivity contribution is 6.61. The number of hydrogen-bond acceptors (Lipinski definition) is 0. The monoisotopic (exact) mass is 1380 g/mol. The fraction of sp³-hybridized carbons (Fsp3) is 0.182. The fourth-order valence-corrected chi connectivity index (χ4v) is 31.2. The van der Waals surface area contributed by atoms with Crippen molar-refractivity contribution in [1.82, 2.24) is 0 Å². The third-order valence-corrected chi connectivity index (χ3v) is 33.6. The normalized spacial score (nSPS) is 21.1. The van der Waals surface area contributed by atoms with Crippen LogP contribution in [0, 0.1) is 25.7 Å². The predicted octanol–water partition coefficient (Wildman–Crippen LogP) is 28.2. The average Bonchev–Trinajstić information content (AvgIpc) is 0.633. The zero-order chi connectivity index (χ0) is 69.5. The Labute approximate surface area is 628 Å². The molecule has 0 heterocycles. The van der Waals surface area contributed by atoms with Crippen LogP contribution < -0.4 is 10.4 Å². The first-order valence-electron chi connectivity index (χ1n) is 42.1. The minimum Gasteiger partial charge on any atom is -0.0616 e. The van der Waals surface area contributed by atoms with E-state index in [1.807, 2.05) is 27.8 Å². The summed E-state index contributed by atoms with van der Waals surface area (Å²) in [5.41, 5.74) is 24.2. The molecule has 25 aromatic carbocycles. The lowest BCUT2D eigenvalue weighted by Gasteiger charge is -2.54. The van der Waals surface area contributed by atoms with Crippen LogP contribution in [0.2, 0.25) is 0 Å². The number of aryl methyl sites for hydroxylation is 4. The van der Waals surface area contributed by atoms with Gasteiger partial charge in [0.05, 0.1) is 0 Å². The molecule has 110 heavy (non-hydrogen) atoms. The summed E-state index contributed by atoms with van der Waals surface area (Å²) in [5, 5.41) is 73.3. The highest BCUT2D eigenvalue weighted by Gasteiger charge is 2.55. The lowest BCUT2D eigenvalue weighted by molar-refractivity contribution is 0.322. The molecule has 0 amide bonds. The first kappa shape index (κ1) is 54.0. The van der Waals surface area contributed by atoms with Crippen LogP contribution >= 0.6 is 0 Å². The Balaban J connectivity index is 0.799. The van der Waals surface area contributed by atoms with E-state index in [4.69, 9.17) is 0 Å². The minimum absolute atomic E-state index is 0.306. The molecule has 1 saturated carbocycles. The molecule has 504 valence electrons. The minimum atomic E-state index is 0.306. The maximum Gasteiger partial charge on any atom is 0.0111 e. The second kappa shape index (κ2) is 16.7. The predicted molar refractivity (Wildman–Crippen MR) is 468 cm³/mol. The maximum atomic E-state index is 2.67. The molecule has 0 N–H and O–H groups in total. The van der Waals surface area contributed by atoms with Crippen LogP contribution in [0.5, 0.6) is 0 Å². The highest BCUT2D eigenvalue weighted by atomic mass is 14.6. The van der Waals surface area contributed by atoms with Crippen molar-refractivity contribution in [2.24, 2.45) is 11.8 Å². The molecule has 34 rings (SSSR count). The molecule has 0 aromatic heterocycles. The van der Waals surface area contributed by atoms with Gasteiger partial charge in [0.1, 0.15) is 0 Å². The summed E-state index contributed by atoms with van der Waals surface area (Å²) >= 11 is 0.